The van der Waals surface area contributed by atoms with Gasteiger partial charge in [0.1, 0.15) is 22.2 Å². The van der Waals surface area contributed by atoms with Gasteiger partial charge in [-0.1, -0.05) is 12.8 Å². The highest BCUT2D eigenvalue weighted by molar-refractivity contribution is 7.85. The van der Waals surface area contributed by atoms with Gasteiger partial charge >= 0.3 is 0 Å². The lowest BCUT2D eigenvalue weighted by molar-refractivity contribution is 0.0613. The highest BCUT2D eigenvalue weighted by Gasteiger charge is 2.33. The maximum atomic E-state index is 13.3. The van der Waals surface area contributed by atoms with Gasteiger partial charge in [-0.3, -0.25) is 9.19 Å². The van der Waals surface area contributed by atoms with Crippen LogP contribution in [0.25, 0.3) is 20.8 Å². The zero-order valence-electron chi connectivity index (χ0n) is 24.3. The molecular weight excluding hydrogens is 584 g/mol. The molecule has 0 bridgehead atoms. The van der Waals surface area contributed by atoms with Crippen LogP contribution in [0.5, 0.6) is 0 Å². The summed E-state index contributed by atoms with van der Waals surface area (Å²) in [5, 5.41) is 18.8. The van der Waals surface area contributed by atoms with Crippen molar-refractivity contribution >= 4 is 44.1 Å². The van der Waals surface area contributed by atoms with Crippen LogP contribution in [0.1, 0.15) is 75.1 Å². The summed E-state index contributed by atoms with van der Waals surface area (Å²) in [6.07, 6.45) is 10.6. The van der Waals surface area contributed by atoms with Gasteiger partial charge in [0.2, 0.25) is 5.95 Å². The molecule has 3 unspecified atom stereocenters. The molecule has 3 atom stereocenters. The Morgan fingerprint density at radius 1 is 1.07 bits per heavy atom. The van der Waals surface area contributed by atoms with Gasteiger partial charge in [0, 0.05) is 35.3 Å². The molecule has 3 fully saturated rings. The topological polar surface area (TPSA) is 113 Å². The molecule has 7 rings (SSSR count). The lowest BCUT2D eigenvalue weighted by Crippen LogP contribution is -2.34. The Morgan fingerprint density at radius 2 is 1.86 bits per heavy atom. The summed E-state index contributed by atoms with van der Waals surface area (Å²) in [5.74, 6) is 2.26. The molecule has 0 aliphatic heterocycles. The quantitative estimate of drug-likeness (QED) is 0.182. The van der Waals surface area contributed by atoms with Crippen LogP contribution >= 0.6 is 11.3 Å². The van der Waals surface area contributed by atoms with Crippen LogP contribution in [0.3, 0.4) is 0 Å². The molecule has 3 aliphatic rings. The maximum Gasteiger partial charge on any atom is 0.225 e. The van der Waals surface area contributed by atoms with E-state index in [0.29, 0.717) is 35.0 Å². The molecule has 3 heterocycles. The zero-order valence-corrected chi connectivity index (χ0v) is 25.9. The first kappa shape index (κ1) is 28.7. The van der Waals surface area contributed by atoms with Gasteiger partial charge in [-0.15, -0.1) is 11.3 Å². The Morgan fingerprint density at radius 3 is 2.63 bits per heavy atom. The van der Waals surface area contributed by atoms with Crippen molar-refractivity contribution in [1.82, 2.24) is 19.9 Å². The summed E-state index contributed by atoms with van der Waals surface area (Å²) < 4.78 is 27.4. The fraction of sp³-hybridized carbons (Fsp3) is 0.500. The summed E-state index contributed by atoms with van der Waals surface area (Å²) in [7, 11) is -1.17. The summed E-state index contributed by atoms with van der Waals surface area (Å²) in [6.45, 7) is 2.41. The van der Waals surface area contributed by atoms with E-state index in [-0.39, 0.29) is 11.9 Å². The zero-order chi connectivity index (χ0) is 29.6. The van der Waals surface area contributed by atoms with Crippen LogP contribution in [0.4, 0.5) is 16.2 Å². The van der Waals surface area contributed by atoms with Gasteiger partial charge in [-0.25, -0.2) is 14.4 Å². The second-order valence-corrected chi connectivity index (χ2v) is 15.0. The predicted molar refractivity (Wildman–Crippen MR) is 169 cm³/mol. The molecule has 11 heteroatoms. The van der Waals surface area contributed by atoms with Crippen LogP contribution in [-0.4, -0.2) is 53.2 Å². The molecule has 3 aliphatic carbocycles. The Kier molecular flexibility index (Phi) is 7.90. The van der Waals surface area contributed by atoms with Crippen LogP contribution < -0.4 is 10.6 Å². The number of hydrogen-bond acceptors (Lipinski definition) is 9. The summed E-state index contributed by atoms with van der Waals surface area (Å²) >= 11 is 1.64. The van der Waals surface area contributed by atoms with Crippen molar-refractivity contribution in [2.24, 2.45) is 5.92 Å². The van der Waals surface area contributed by atoms with Crippen molar-refractivity contribution in [3.8, 4) is 10.6 Å². The number of rotatable bonds is 10. The van der Waals surface area contributed by atoms with Gasteiger partial charge in [0.05, 0.1) is 38.1 Å². The molecule has 43 heavy (non-hydrogen) atoms. The van der Waals surface area contributed by atoms with Gasteiger partial charge in [-0.2, -0.15) is 4.98 Å². The molecule has 3 N–H and O–H groups in total. The van der Waals surface area contributed by atoms with Crippen molar-refractivity contribution < 1.29 is 13.7 Å². The predicted octanol–water partition coefficient (Wildman–Crippen LogP) is 6.58. The minimum absolute atomic E-state index is 0.160. The Labute approximate surface area is 257 Å². The fourth-order valence-corrected chi connectivity index (χ4v) is 8.98. The van der Waals surface area contributed by atoms with Crippen LogP contribution in [-0.2, 0) is 10.8 Å². The summed E-state index contributed by atoms with van der Waals surface area (Å²) in [6, 6.07) is 8.16. The number of aryl methyl sites for hydroxylation is 1. The number of hydrogen-bond donors (Lipinski definition) is 3. The second-order valence-electron chi connectivity index (χ2n) is 12.5. The highest BCUT2D eigenvalue weighted by atomic mass is 32.2. The lowest BCUT2D eigenvalue weighted by Gasteiger charge is -2.23. The standard InChI is InChI=1S/C32H37FN6O2S2/c1-19-26(30-38-28-25(42-30)12-15-34-27(28)21-5-6-21)29(39-31(36-19)35-18-32(40)13-2-3-14-32)37-23-9-4-20(16-23)17-43(41)24-10-7-22(33)8-11-24/h7-8,10-12,15,20-21,23,40H,2-6,9,13-14,16-18H2,1H3,(H2,35,36,37,39). The number of halogens is 1. The number of pyridine rings is 1. The van der Waals surface area contributed by atoms with Crippen molar-refractivity contribution in [2.45, 2.75) is 87.2 Å². The molecular formula is C32H37FN6O2S2. The third-order valence-corrected chi connectivity index (χ3v) is 11.7. The fourth-order valence-electron chi connectivity index (χ4n) is 6.55. The van der Waals surface area contributed by atoms with E-state index in [2.05, 4.69) is 15.6 Å². The molecule has 4 aromatic rings. The number of thiazole rings is 1. The van der Waals surface area contributed by atoms with Gasteiger partial charge in [-0.05, 0) is 88.1 Å². The number of aromatic nitrogens is 4. The minimum Gasteiger partial charge on any atom is -0.388 e. The number of nitrogens with one attached hydrogen (secondary N) is 2. The van der Waals surface area contributed by atoms with Crippen molar-refractivity contribution in [1.29, 1.82) is 0 Å². The third-order valence-electron chi connectivity index (χ3n) is 9.06. The monoisotopic (exact) mass is 620 g/mol. The summed E-state index contributed by atoms with van der Waals surface area (Å²) in [4.78, 5) is 20.2. The van der Waals surface area contributed by atoms with E-state index in [0.717, 1.165) is 95.8 Å². The highest BCUT2D eigenvalue weighted by Crippen LogP contribution is 2.44. The minimum atomic E-state index is -1.17. The van der Waals surface area contributed by atoms with Gasteiger partial charge in [0.25, 0.3) is 0 Å². The van der Waals surface area contributed by atoms with Crippen molar-refractivity contribution in [2.75, 3.05) is 22.9 Å². The van der Waals surface area contributed by atoms with Crippen molar-refractivity contribution in [3.05, 3.63) is 53.7 Å². The normalized spacial score (nSPS) is 22.2. The average molecular weight is 621 g/mol. The molecule has 0 radical (unpaired) electrons. The molecule has 0 saturated heterocycles. The molecule has 0 amide bonds. The van der Waals surface area contributed by atoms with E-state index in [1.165, 1.54) is 12.1 Å². The van der Waals surface area contributed by atoms with Gasteiger partial charge < -0.3 is 15.7 Å². The third kappa shape index (κ3) is 6.30. The Bertz CT molecular complexity index is 1650. The number of nitrogens with zero attached hydrogens (tertiary/aromatic N) is 4. The summed E-state index contributed by atoms with van der Waals surface area (Å²) in [5.41, 5.74) is 3.06. The molecule has 3 aromatic heterocycles. The Balaban J connectivity index is 1.15. The van der Waals surface area contributed by atoms with Crippen LogP contribution in [0, 0.1) is 18.7 Å². The number of aliphatic hydroxyl groups is 1. The number of fused-ring (bicyclic) bond motifs is 1. The van der Waals surface area contributed by atoms with E-state index < -0.39 is 16.4 Å². The second kappa shape index (κ2) is 11.8. The van der Waals surface area contributed by atoms with E-state index in [9.17, 15) is 13.7 Å². The Hall–Kier alpha value is -3.02. The first-order valence-electron chi connectivity index (χ1n) is 15.3. The average Bonchev–Trinajstić information content (AvgIpc) is 3.35. The lowest BCUT2D eigenvalue weighted by atomic mass is 10.0. The molecule has 0 spiro atoms. The first-order chi connectivity index (χ1) is 20.8. The van der Waals surface area contributed by atoms with Crippen LogP contribution in [0.15, 0.2) is 41.4 Å². The van der Waals surface area contributed by atoms with Gasteiger partial charge in [0.15, 0.2) is 0 Å². The molecule has 3 saturated carbocycles. The van der Waals surface area contributed by atoms with E-state index in [1.807, 2.05) is 19.2 Å². The van der Waals surface area contributed by atoms with Crippen molar-refractivity contribution in [3.63, 3.8) is 0 Å². The van der Waals surface area contributed by atoms with Crippen LogP contribution in [0.2, 0.25) is 0 Å². The number of anilines is 2. The maximum absolute atomic E-state index is 13.3. The molecule has 8 nitrogen and oxygen atoms in total. The SMILES string of the molecule is Cc1nc(NCC2(O)CCCC2)nc(NC2CCC(CS(=O)c3ccc(F)cc3)C2)c1-c1nc2c(C3CC3)nccc2s1. The molecule has 1 aromatic carbocycles. The first-order valence-corrected chi connectivity index (χ1v) is 17.5. The molecule has 226 valence electrons. The smallest absolute Gasteiger partial charge is 0.225 e. The number of benzene rings is 1. The van der Waals surface area contributed by atoms with E-state index >= 15 is 0 Å². The van der Waals surface area contributed by atoms with E-state index in [4.69, 9.17) is 15.0 Å². The van der Waals surface area contributed by atoms with E-state index in [1.54, 1.807) is 23.5 Å². The largest absolute Gasteiger partial charge is 0.388 e.